The molecule has 0 saturated carbocycles. The van der Waals surface area contributed by atoms with Crippen LogP contribution in [0.4, 0.5) is 0 Å². The number of benzene rings is 3. The summed E-state index contributed by atoms with van der Waals surface area (Å²) in [5.74, 6) is 13.6. The van der Waals surface area contributed by atoms with Gasteiger partial charge in [-0.1, -0.05) is 47.4 Å². The van der Waals surface area contributed by atoms with Crippen molar-refractivity contribution in [2.45, 2.75) is 13.8 Å². The van der Waals surface area contributed by atoms with E-state index in [1.807, 2.05) is 61.5 Å². The van der Waals surface area contributed by atoms with Crippen molar-refractivity contribution in [1.82, 2.24) is 0 Å². The third-order valence-electron chi connectivity index (χ3n) is 4.05. The minimum absolute atomic E-state index is 0.860. The maximum absolute atomic E-state index is 5.34. The van der Waals surface area contributed by atoms with Gasteiger partial charge in [-0.2, -0.15) is 0 Å². The van der Waals surface area contributed by atoms with Crippen LogP contribution in [0.25, 0.3) is 0 Å². The molecule has 0 N–H and O–H groups in total. The Balaban J connectivity index is 1.74. The molecule has 0 amide bonds. The molecule has 0 fully saturated rings. The van der Waals surface area contributed by atoms with Gasteiger partial charge in [-0.3, -0.25) is 0 Å². The molecule has 3 aromatic carbocycles. The van der Waals surface area contributed by atoms with E-state index in [9.17, 15) is 0 Å². The van der Waals surface area contributed by atoms with Crippen molar-refractivity contribution in [2.75, 3.05) is 7.11 Å². The lowest BCUT2D eigenvalue weighted by Crippen LogP contribution is -1.87. The zero-order chi connectivity index (χ0) is 18.4. The van der Waals surface area contributed by atoms with Crippen molar-refractivity contribution in [3.8, 4) is 29.4 Å². The van der Waals surface area contributed by atoms with Crippen molar-refractivity contribution < 1.29 is 4.74 Å². The van der Waals surface area contributed by atoms with E-state index in [1.165, 1.54) is 5.56 Å². The molecule has 0 aliphatic rings. The van der Waals surface area contributed by atoms with E-state index >= 15 is 0 Å². The summed E-state index contributed by atoms with van der Waals surface area (Å²) in [5.41, 5.74) is 6.25. The molecular weight excluding hydrogens is 316 g/mol. The van der Waals surface area contributed by atoms with Gasteiger partial charge in [0.15, 0.2) is 0 Å². The Morgan fingerprint density at radius 2 is 1.00 bits per heavy atom. The van der Waals surface area contributed by atoms with Gasteiger partial charge < -0.3 is 4.74 Å². The molecular formula is C25H20O. The third kappa shape index (κ3) is 4.56. The van der Waals surface area contributed by atoms with Crippen molar-refractivity contribution in [3.05, 3.63) is 100 Å². The minimum Gasteiger partial charge on any atom is -0.496 e. The molecule has 3 aromatic rings. The van der Waals surface area contributed by atoms with Gasteiger partial charge in [-0.15, -0.1) is 0 Å². The number of rotatable bonds is 1. The fourth-order valence-electron chi connectivity index (χ4n) is 2.46. The minimum atomic E-state index is 0.860. The van der Waals surface area contributed by atoms with Crippen LogP contribution in [0.5, 0.6) is 5.75 Å². The van der Waals surface area contributed by atoms with Gasteiger partial charge in [0, 0.05) is 22.3 Å². The van der Waals surface area contributed by atoms with Gasteiger partial charge in [0.25, 0.3) is 0 Å². The van der Waals surface area contributed by atoms with Crippen molar-refractivity contribution in [1.29, 1.82) is 0 Å². The molecule has 0 aliphatic heterocycles. The van der Waals surface area contributed by atoms with Crippen LogP contribution in [0, 0.1) is 37.5 Å². The zero-order valence-electron chi connectivity index (χ0n) is 15.3. The highest BCUT2D eigenvalue weighted by Gasteiger charge is 1.98. The van der Waals surface area contributed by atoms with Crippen LogP contribution < -0.4 is 4.74 Å². The van der Waals surface area contributed by atoms with Crippen molar-refractivity contribution in [2.24, 2.45) is 0 Å². The average Bonchev–Trinajstić information content (AvgIpc) is 2.68. The molecule has 0 atom stereocenters. The molecule has 126 valence electrons. The van der Waals surface area contributed by atoms with E-state index in [4.69, 9.17) is 4.74 Å². The molecule has 1 nitrogen and oxygen atoms in total. The highest BCUT2D eigenvalue weighted by molar-refractivity contribution is 5.50. The molecule has 1 heteroatoms. The van der Waals surface area contributed by atoms with Gasteiger partial charge in [0.1, 0.15) is 5.75 Å². The second-order valence-electron chi connectivity index (χ2n) is 6.13. The molecule has 0 radical (unpaired) electrons. The monoisotopic (exact) mass is 336 g/mol. The van der Waals surface area contributed by atoms with E-state index in [0.717, 1.165) is 33.6 Å². The zero-order valence-corrected chi connectivity index (χ0v) is 15.3. The quantitative estimate of drug-likeness (QED) is 0.561. The van der Waals surface area contributed by atoms with Gasteiger partial charge >= 0.3 is 0 Å². The van der Waals surface area contributed by atoms with Gasteiger partial charge in [0.2, 0.25) is 0 Å². The first-order valence-corrected chi connectivity index (χ1v) is 8.49. The summed E-state index contributed by atoms with van der Waals surface area (Å²) in [7, 11) is 1.68. The molecule has 26 heavy (non-hydrogen) atoms. The van der Waals surface area contributed by atoms with Gasteiger partial charge in [-0.25, -0.2) is 0 Å². The molecule has 0 aromatic heterocycles. The van der Waals surface area contributed by atoms with Crippen molar-refractivity contribution in [3.63, 3.8) is 0 Å². The lowest BCUT2D eigenvalue weighted by molar-refractivity contribution is 0.411. The first-order valence-electron chi connectivity index (χ1n) is 8.49. The SMILES string of the molecule is COc1cc(C#Cc2ccc(C#Cc3ccc(C)cc3)cc2)ccc1C. The van der Waals surface area contributed by atoms with Gasteiger partial charge in [-0.05, 0) is 67.9 Å². The second kappa shape index (κ2) is 8.11. The topological polar surface area (TPSA) is 9.23 Å². The summed E-state index contributed by atoms with van der Waals surface area (Å²) in [6.07, 6.45) is 0. The fraction of sp³-hybridized carbons (Fsp3) is 0.120. The van der Waals surface area contributed by atoms with E-state index in [2.05, 4.69) is 42.7 Å². The summed E-state index contributed by atoms with van der Waals surface area (Å²) in [6, 6.07) is 22.2. The standard InChI is InChI=1S/C25H20O/c1-19-4-7-21(8-5-19)10-11-22-12-14-23(15-13-22)16-17-24-9-6-20(2)25(18-24)26-3/h4-9,12-15,18H,1-3H3. The summed E-state index contributed by atoms with van der Waals surface area (Å²) in [6.45, 7) is 4.09. The Kier molecular flexibility index (Phi) is 5.43. The normalized spacial score (nSPS) is 9.50. The number of hydrogen-bond donors (Lipinski definition) is 0. The average molecular weight is 336 g/mol. The Bertz CT molecular complexity index is 1020. The van der Waals surface area contributed by atoms with E-state index in [1.54, 1.807) is 7.11 Å². The van der Waals surface area contributed by atoms with Crippen LogP contribution in [-0.2, 0) is 0 Å². The lowest BCUT2D eigenvalue weighted by atomic mass is 10.1. The predicted octanol–water partition coefficient (Wildman–Crippen LogP) is 5.11. The Labute approximate surface area is 155 Å². The predicted molar refractivity (Wildman–Crippen MR) is 107 cm³/mol. The summed E-state index contributed by atoms with van der Waals surface area (Å²) >= 11 is 0. The van der Waals surface area contributed by atoms with Crippen LogP contribution in [0.2, 0.25) is 0 Å². The lowest BCUT2D eigenvalue weighted by Gasteiger charge is -2.03. The smallest absolute Gasteiger partial charge is 0.123 e. The van der Waals surface area contributed by atoms with Crippen LogP contribution in [0.15, 0.2) is 66.7 Å². The summed E-state index contributed by atoms with van der Waals surface area (Å²) in [5, 5.41) is 0. The molecule has 0 spiro atoms. The summed E-state index contributed by atoms with van der Waals surface area (Å²) in [4.78, 5) is 0. The highest BCUT2D eigenvalue weighted by atomic mass is 16.5. The van der Waals surface area contributed by atoms with E-state index in [-0.39, 0.29) is 0 Å². The first-order chi connectivity index (χ1) is 12.6. The van der Waals surface area contributed by atoms with Crippen LogP contribution >= 0.6 is 0 Å². The van der Waals surface area contributed by atoms with Gasteiger partial charge in [0.05, 0.1) is 7.11 Å². The second-order valence-corrected chi connectivity index (χ2v) is 6.13. The van der Waals surface area contributed by atoms with E-state index < -0.39 is 0 Å². The number of ether oxygens (including phenoxy) is 1. The van der Waals surface area contributed by atoms with E-state index in [0.29, 0.717) is 0 Å². The van der Waals surface area contributed by atoms with Crippen LogP contribution in [0.3, 0.4) is 0 Å². The number of hydrogen-bond acceptors (Lipinski definition) is 1. The molecule has 0 saturated heterocycles. The molecule has 0 heterocycles. The Morgan fingerprint density at radius 3 is 1.50 bits per heavy atom. The maximum atomic E-state index is 5.34. The highest BCUT2D eigenvalue weighted by Crippen LogP contribution is 2.18. The van der Waals surface area contributed by atoms with Crippen LogP contribution in [-0.4, -0.2) is 7.11 Å². The molecule has 0 bridgehead atoms. The molecule has 3 rings (SSSR count). The Hall–Kier alpha value is -3.42. The fourth-order valence-corrected chi connectivity index (χ4v) is 2.46. The molecule has 0 aliphatic carbocycles. The third-order valence-corrected chi connectivity index (χ3v) is 4.05. The van der Waals surface area contributed by atoms with Crippen LogP contribution in [0.1, 0.15) is 33.4 Å². The summed E-state index contributed by atoms with van der Waals surface area (Å²) < 4.78 is 5.34. The Morgan fingerprint density at radius 1 is 0.577 bits per heavy atom. The molecule has 0 unspecified atom stereocenters. The largest absolute Gasteiger partial charge is 0.496 e. The number of aryl methyl sites for hydroxylation is 2. The first kappa shape index (κ1) is 17.4. The van der Waals surface area contributed by atoms with Crippen molar-refractivity contribution >= 4 is 0 Å². The number of methoxy groups -OCH3 is 1. The maximum Gasteiger partial charge on any atom is 0.123 e.